The van der Waals surface area contributed by atoms with Crippen LogP contribution in [0.1, 0.15) is 34.3 Å². The zero-order valence-corrected chi connectivity index (χ0v) is 14.1. The molecular formula is C20H19N3O3. The van der Waals surface area contributed by atoms with Gasteiger partial charge in [0.05, 0.1) is 0 Å². The van der Waals surface area contributed by atoms with Gasteiger partial charge < -0.3 is 10.6 Å². The minimum Gasteiger partial charge on any atom is -0.399 e. The van der Waals surface area contributed by atoms with Crippen molar-refractivity contribution in [3.05, 3.63) is 65.2 Å². The predicted octanol–water partition coefficient (Wildman–Crippen LogP) is 1.78. The molecule has 0 aliphatic carbocycles. The molecule has 6 nitrogen and oxygen atoms in total. The molecule has 2 aromatic carbocycles. The molecule has 4 N–H and O–H groups in total. The van der Waals surface area contributed by atoms with Crippen molar-refractivity contribution in [3.63, 3.8) is 0 Å². The summed E-state index contributed by atoms with van der Waals surface area (Å²) in [6, 6.07) is 13.6. The van der Waals surface area contributed by atoms with Gasteiger partial charge in [0.25, 0.3) is 11.8 Å². The van der Waals surface area contributed by atoms with Crippen LogP contribution in [0, 0.1) is 11.8 Å². The molecule has 0 saturated carbocycles. The number of carbonyl (C=O) groups is 2. The van der Waals surface area contributed by atoms with E-state index >= 15 is 0 Å². The molecule has 2 aromatic rings. The average Bonchev–Trinajstić information content (AvgIpc) is 3.16. The zero-order valence-electron chi connectivity index (χ0n) is 14.1. The molecular weight excluding hydrogens is 330 g/mol. The Morgan fingerprint density at radius 2 is 1.62 bits per heavy atom. The Balaban J connectivity index is 1.72. The van der Waals surface area contributed by atoms with E-state index in [9.17, 15) is 9.59 Å². The van der Waals surface area contributed by atoms with Crippen molar-refractivity contribution in [1.82, 2.24) is 10.4 Å². The molecule has 0 spiro atoms. The Bertz CT molecular complexity index is 864. The monoisotopic (exact) mass is 349 g/mol. The molecule has 132 valence electrons. The first kappa shape index (κ1) is 17.5. The largest absolute Gasteiger partial charge is 0.399 e. The number of carbonyl (C=O) groups excluding carboxylic acids is 2. The first-order valence-corrected chi connectivity index (χ1v) is 8.31. The SMILES string of the molecule is Nc1ccc(C#Cc2ccc(C(=O)N3CCC[C@H]3C(=O)NO)cc2)cc1. The number of nitrogens with zero attached hydrogens (tertiary/aromatic N) is 1. The Morgan fingerprint density at radius 1 is 1.04 bits per heavy atom. The molecule has 1 heterocycles. The van der Waals surface area contributed by atoms with E-state index in [1.165, 1.54) is 4.90 Å². The molecule has 3 rings (SSSR count). The molecule has 1 fully saturated rings. The van der Waals surface area contributed by atoms with Crippen molar-refractivity contribution in [2.75, 3.05) is 12.3 Å². The van der Waals surface area contributed by atoms with Crippen molar-refractivity contribution in [1.29, 1.82) is 0 Å². The minimum atomic E-state index is -0.627. The van der Waals surface area contributed by atoms with Gasteiger partial charge in [-0.05, 0) is 61.4 Å². The van der Waals surface area contributed by atoms with Crippen LogP contribution in [-0.4, -0.2) is 34.5 Å². The lowest BCUT2D eigenvalue weighted by Gasteiger charge is -2.22. The van der Waals surface area contributed by atoms with Gasteiger partial charge in [0.1, 0.15) is 6.04 Å². The Labute approximate surface area is 151 Å². The predicted molar refractivity (Wildman–Crippen MR) is 97.3 cm³/mol. The van der Waals surface area contributed by atoms with Crippen LogP contribution in [-0.2, 0) is 4.79 Å². The Kier molecular flexibility index (Phi) is 5.20. The third-order valence-corrected chi connectivity index (χ3v) is 4.32. The summed E-state index contributed by atoms with van der Waals surface area (Å²) in [5.41, 5.74) is 10.1. The van der Waals surface area contributed by atoms with Crippen LogP contribution in [0.5, 0.6) is 0 Å². The maximum Gasteiger partial charge on any atom is 0.266 e. The number of hydroxylamine groups is 1. The topological polar surface area (TPSA) is 95.7 Å². The number of hydrogen-bond donors (Lipinski definition) is 3. The number of hydrogen-bond acceptors (Lipinski definition) is 4. The third kappa shape index (κ3) is 3.85. The highest BCUT2D eigenvalue weighted by Gasteiger charge is 2.34. The highest BCUT2D eigenvalue weighted by Crippen LogP contribution is 2.20. The van der Waals surface area contributed by atoms with E-state index in [-0.39, 0.29) is 5.91 Å². The van der Waals surface area contributed by atoms with Crippen molar-refractivity contribution < 1.29 is 14.8 Å². The van der Waals surface area contributed by atoms with Crippen LogP contribution < -0.4 is 11.2 Å². The molecule has 1 atom stereocenters. The molecule has 2 amide bonds. The molecule has 0 aromatic heterocycles. The lowest BCUT2D eigenvalue weighted by Crippen LogP contribution is -2.45. The smallest absolute Gasteiger partial charge is 0.266 e. The van der Waals surface area contributed by atoms with Crippen molar-refractivity contribution in [2.45, 2.75) is 18.9 Å². The fourth-order valence-electron chi connectivity index (χ4n) is 2.93. The van der Waals surface area contributed by atoms with E-state index in [0.717, 1.165) is 17.5 Å². The van der Waals surface area contributed by atoms with E-state index in [1.807, 2.05) is 12.1 Å². The number of anilines is 1. The quantitative estimate of drug-likeness (QED) is 0.333. The first-order chi connectivity index (χ1) is 12.6. The van der Waals surface area contributed by atoms with Gasteiger partial charge >= 0.3 is 0 Å². The van der Waals surface area contributed by atoms with Gasteiger partial charge in [0.2, 0.25) is 0 Å². The summed E-state index contributed by atoms with van der Waals surface area (Å²) >= 11 is 0. The highest BCUT2D eigenvalue weighted by molar-refractivity contribution is 5.97. The van der Waals surface area contributed by atoms with Crippen LogP contribution in [0.3, 0.4) is 0 Å². The molecule has 0 radical (unpaired) electrons. The Morgan fingerprint density at radius 3 is 2.19 bits per heavy atom. The summed E-state index contributed by atoms with van der Waals surface area (Å²) < 4.78 is 0. The summed E-state index contributed by atoms with van der Waals surface area (Å²) in [4.78, 5) is 25.8. The van der Waals surface area contributed by atoms with Crippen LogP contribution in [0.4, 0.5) is 5.69 Å². The lowest BCUT2D eigenvalue weighted by atomic mass is 10.1. The number of likely N-dealkylation sites (tertiary alicyclic amines) is 1. The lowest BCUT2D eigenvalue weighted by molar-refractivity contribution is -0.133. The second-order valence-electron chi connectivity index (χ2n) is 6.08. The first-order valence-electron chi connectivity index (χ1n) is 8.31. The number of rotatable bonds is 2. The summed E-state index contributed by atoms with van der Waals surface area (Å²) in [6.07, 6.45) is 1.28. The van der Waals surface area contributed by atoms with Crippen LogP contribution in [0.2, 0.25) is 0 Å². The normalized spacial score (nSPS) is 15.9. The summed E-state index contributed by atoms with van der Waals surface area (Å²) in [6.45, 7) is 0.496. The van der Waals surface area contributed by atoms with E-state index < -0.39 is 11.9 Å². The van der Waals surface area contributed by atoms with Crippen molar-refractivity contribution in [2.24, 2.45) is 0 Å². The van der Waals surface area contributed by atoms with Crippen LogP contribution in [0.15, 0.2) is 48.5 Å². The minimum absolute atomic E-state index is 0.228. The van der Waals surface area contributed by atoms with Gasteiger partial charge in [-0.3, -0.25) is 14.8 Å². The summed E-state index contributed by atoms with van der Waals surface area (Å²) in [5, 5.41) is 8.81. The van der Waals surface area contributed by atoms with Gasteiger partial charge in [-0.25, -0.2) is 5.48 Å². The second kappa shape index (κ2) is 7.72. The van der Waals surface area contributed by atoms with Crippen LogP contribution in [0.25, 0.3) is 0 Å². The average molecular weight is 349 g/mol. The standard InChI is InChI=1S/C20H19N3O3/c21-17-11-7-15(8-12-17)4-3-14-5-9-16(10-6-14)20(25)23-13-1-2-18(23)19(24)22-26/h5-12,18,26H,1-2,13,21H2,(H,22,24)/t18-/m0/s1. The zero-order chi connectivity index (χ0) is 18.5. The number of nitrogens with two attached hydrogens (primary N) is 1. The molecule has 0 unspecified atom stereocenters. The molecule has 6 heteroatoms. The molecule has 0 bridgehead atoms. The molecule has 1 saturated heterocycles. The van der Waals surface area contributed by atoms with Gasteiger partial charge in [0, 0.05) is 28.9 Å². The summed E-state index contributed by atoms with van der Waals surface area (Å²) in [5.74, 6) is 5.30. The van der Waals surface area contributed by atoms with Gasteiger partial charge in [-0.2, -0.15) is 0 Å². The third-order valence-electron chi connectivity index (χ3n) is 4.32. The van der Waals surface area contributed by atoms with Gasteiger partial charge in [0.15, 0.2) is 0 Å². The van der Waals surface area contributed by atoms with E-state index in [2.05, 4.69) is 11.8 Å². The molecule has 26 heavy (non-hydrogen) atoms. The van der Waals surface area contributed by atoms with Crippen molar-refractivity contribution >= 4 is 17.5 Å². The fraction of sp³-hybridized carbons (Fsp3) is 0.200. The second-order valence-corrected chi connectivity index (χ2v) is 6.08. The van der Waals surface area contributed by atoms with Gasteiger partial charge in [-0.15, -0.1) is 0 Å². The highest BCUT2D eigenvalue weighted by atomic mass is 16.5. The van der Waals surface area contributed by atoms with E-state index in [0.29, 0.717) is 24.2 Å². The van der Waals surface area contributed by atoms with Crippen LogP contribution >= 0.6 is 0 Å². The maximum absolute atomic E-state index is 12.6. The number of nitrogen functional groups attached to an aromatic ring is 1. The van der Waals surface area contributed by atoms with E-state index in [4.69, 9.17) is 10.9 Å². The molecule has 1 aliphatic heterocycles. The summed E-state index contributed by atoms with van der Waals surface area (Å²) in [7, 11) is 0. The fourth-order valence-corrected chi connectivity index (χ4v) is 2.93. The van der Waals surface area contributed by atoms with E-state index in [1.54, 1.807) is 41.9 Å². The number of benzene rings is 2. The Hall–Kier alpha value is -3.30. The number of amides is 2. The van der Waals surface area contributed by atoms with Gasteiger partial charge in [-0.1, -0.05) is 11.8 Å². The van der Waals surface area contributed by atoms with Crippen molar-refractivity contribution in [3.8, 4) is 11.8 Å². The number of nitrogens with one attached hydrogen (secondary N) is 1. The molecule has 1 aliphatic rings. The maximum atomic E-state index is 12.6.